The number of rotatable bonds is 5. The smallest absolute Gasteiger partial charge is 0.0191 e. The second-order valence-corrected chi connectivity index (χ2v) is 5.38. The van der Waals surface area contributed by atoms with Crippen molar-refractivity contribution in [3.8, 4) is 0 Å². The van der Waals surface area contributed by atoms with Crippen molar-refractivity contribution in [2.24, 2.45) is 0 Å². The van der Waals surface area contributed by atoms with Crippen LogP contribution in [0.1, 0.15) is 19.3 Å². The highest BCUT2D eigenvalue weighted by Crippen LogP contribution is 2.21. The third kappa shape index (κ3) is 3.15. The molecule has 1 saturated carbocycles. The largest absolute Gasteiger partial charge is 0.313 e. The van der Waals surface area contributed by atoms with Crippen LogP contribution in [-0.4, -0.2) is 48.6 Å². The van der Waals surface area contributed by atoms with E-state index in [0.29, 0.717) is 0 Å². The molecule has 13 heavy (non-hydrogen) atoms. The third-order valence-electron chi connectivity index (χ3n) is 3.00. The summed E-state index contributed by atoms with van der Waals surface area (Å²) in [4.78, 5) is 2.52. The molecule has 0 aromatic heterocycles. The van der Waals surface area contributed by atoms with Crippen molar-refractivity contribution in [1.29, 1.82) is 0 Å². The van der Waals surface area contributed by atoms with E-state index in [9.17, 15) is 0 Å². The van der Waals surface area contributed by atoms with Crippen LogP contribution >= 0.6 is 11.8 Å². The van der Waals surface area contributed by atoms with Gasteiger partial charge in [-0.3, -0.25) is 0 Å². The summed E-state index contributed by atoms with van der Waals surface area (Å²) in [6.45, 7) is 2.41. The van der Waals surface area contributed by atoms with Crippen molar-refractivity contribution in [3.63, 3.8) is 0 Å². The molecular formula is C10H20N2S. The van der Waals surface area contributed by atoms with Crippen LogP contribution in [0.15, 0.2) is 0 Å². The molecule has 1 unspecified atom stereocenters. The van der Waals surface area contributed by atoms with Crippen LogP contribution in [0, 0.1) is 0 Å². The van der Waals surface area contributed by atoms with Gasteiger partial charge in [-0.2, -0.15) is 11.8 Å². The average Bonchev–Trinajstić information content (AvgIpc) is 2.80. The van der Waals surface area contributed by atoms with E-state index in [1.54, 1.807) is 0 Å². The molecule has 1 N–H and O–H groups in total. The summed E-state index contributed by atoms with van der Waals surface area (Å²) in [6, 6.07) is 1.72. The molecule has 1 heterocycles. The van der Waals surface area contributed by atoms with E-state index in [1.807, 2.05) is 0 Å². The van der Waals surface area contributed by atoms with Gasteiger partial charge in [-0.05, 0) is 32.1 Å². The highest BCUT2D eigenvalue weighted by molar-refractivity contribution is 7.99. The maximum Gasteiger partial charge on any atom is 0.0191 e. The molecule has 2 rings (SSSR count). The molecule has 0 bridgehead atoms. The SMILES string of the molecule is CN(CCNC1CC1)C1CCSC1. The Morgan fingerprint density at radius 2 is 2.23 bits per heavy atom. The van der Waals surface area contributed by atoms with E-state index in [0.717, 1.165) is 12.1 Å². The average molecular weight is 200 g/mol. The van der Waals surface area contributed by atoms with Gasteiger partial charge in [0.05, 0.1) is 0 Å². The molecule has 2 fully saturated rings. The Balaban J connectivity index is 1.56. The van der Waals surface area contributed by atoms with Gasteiger partial charge in [-0.25, -0.2) is 0 Å². The van der Waals surface area contributed by atoms with Gasteiger partial charge in [0.15, 0.2) is 0 Å². The number of hydrogen-bond donors (Lipinski definition) is 1. The Hall–Kier alpha value is 0.270. The lowest BCUT2D eigenvalue weighted by atomic mass is 10.2. The second-order valence-electron chi connectivity index (χ2n) is 4.23. The molecule has 0 spiro atoms. The summed E-state index contributed by atoms with van der Waals surface area (Å²) in [5.41, 5.74) is 0. The summed E-state index contributed by atoms with van der Waals surface area (Å²) in [5, 5.41) is 3.56. The first kappa shape index (κ1) is 9.81. The van der Waals surface area contributed by atoms with Crippen LogP contribution in [0.2, 0.25) is 0 Å². The van der Waals surface area contributed by atoms with Crippen LogP contribution in [0.4, 0.5) is 0 Å². The molecule has 0 radical (unpaired) electrons. The normalized spacial score (nSPS) is 28.6. The highest BCUT2D eigenvalue weighted by Gasteiger charge is 2.22. The Bertz CT molecular complexity index is 153. The first-order valence-electron chi connectivity index (χ1n) is 5.37. The van der Waals surface area contributed by atoms with E-state index in [4.69, 9.17) is 0 Å². The van der Waals surface area contributed by atoms with Crippen molar-refractivity contribution >= 4 is 11.8 Å². The zero-order valence-electron chi connectivity index (χ0n) is 8.46. The van der Waals surface area contributed by atoms with Crippen molar-refractivity contribution in [2.45, 2.75) is 31.3 Å². The number of nitrogens with one attached hydrogen (secondary N) is 1. The summed E-state index contributed by atoms with van der Waals surface area (Å²) in [6.07, 6.45) is 4.20. The van der Waals surface area contributed by atoms with E-state index < -0.39 is 0 Å². The highest BCUT2D eigenvalue weighted by atomic mass is 32.2. The molecule has 3 heteroatoms. The second kappa shape index (κ2) is 4.67. The quantitative estimate of drug-likeness (QED) is 0.717. The van der Waals surface area contributed by atoms with Gasteiger partial charge >= 0.3 is 0 Å². The van der Waals surface area contributed by atoms with Crippen LogP contribution in [0.5, 0.6) is 0 Å². The fourth-order valence-electron chi connectivity index (χ4n) is 1.78. The summed E-state index contributed by atoms with van der Waals surface area (Å²) in [5.74, 6) is 2.71. The molecule has 2 nitrogen and oxygen atoms in total. The van der Waals surface area contributed by atoms with Gasteiger partial charge in [-0.15, -0.1) is 0 Å². The lowest BCUT2D eigenvalue weighted by Crippen LogP contribution is -2.37. The number of hydrogen-bond acceptors (Lipinski definition) is 3. The van der Waals surface area contributed by atoms with Gasteiger partial charge in [0.1, 0.15) is 0 Å². The Morgan fingerprint density at radius 1 is 1.38 bits per heavy atom. The van der Waals surface area contributed by atoms with E-state index in [2.05, 4.69) is 29.0 Å². The Morgan fingerprint density at radius 3 is 2.85 bits per heavy atom. The Labute approximate surface area is 85.4 Å². The Kier molecular flexibility index (Phi) is 3.52. The molecule has 0 amide bonds. The minimum atomic E-state index is 0.853. The number of thioether (sulfide) groups is 1. The maximum atomic E-state index is 3.56. The van der Waals surface area contributed by atoms with Crippen molar-refractivity contribution in [1.82, 2.24) is 10.2 Å². The predicted octanol–water partition coefficient (Wildman–Crippen LogP) is 1.18. The molecule has 1 saturated heterocycles. The molecule has 1 aliphatic carbocycles. The number of likely N-dealkylation sites (N-methyl/N-ethyl adjacent to an activating group) is 1. The summed E-state index contributed by atoms with van der Waals surface area (Å²) in [7, 11) is 2.27. The lowest BCUT2D eigenvalue weighted by molar-refractivity contribution is 0.262. The van der Waals surface area contributed by atoms with Crippen molar-refractivity contribution < 1.29 is 0 Å². The van der Waals surface area contributed by atoms with Crippen molar-refractivity contribution in [2.75, 3.05) is 31.6 Å². The zero-order valence-corrected chi connectivity index (χ0v) is 9.28. The zero-order chi connectivity index (χ0) is 9.10. The molecule has 1 aliphatic heterocycles. The fraction of sp³-hybridized carbons (Fsp3) is 1.00. The van der Waals surface area contributed by atoms with E-state index in [-0.39, 0.29) is 0 Å². The summed E-state index contributed by atoms with van der Waals surface area (Å²) < 4.78 is 0. The first-order chi connectivity index (χ1) is 6.36. The monoisotopic (exact) mass is 200 g/mol. The van der Waals surface area contributed by atoms with Crippen LogP contribution in [0.25, 0.3) is 0 Å². The summed E-state index contributed by atoms with van der Waals surface area (Å²) >= 11 is 2.10. The number of nitrogens with zero attached hydrogens (tertiary/aromatic N) is 1. The van der Waals surface area contributed by atoms with Gasteiger partial charge in [0, 0.05) is 30.9 Å². The minimum Gasteiger partial charge on any atom is -0.313 e. The molecule has 2 aliphatic rings. The van der Waals surface area contributed by atoms with Crippen LogP contribution in [0.3, 0.4) is 0 Å². The van der Waals surface area contributed by atoms with Gasteiger partial charge in [-0.1, -0.05) is 0 Å². The van der Waals surface area contributed by atoms with Crippen LogP contribution < -0.4 is 5.32 Å². The first-order valence-corrected chi connectivity index (χ1v) is 6.53. The maximum absolute atomic E-state index is 3.56. The van der Waals surface area contributed by atoms with Gasteiger partial charge in [0.2, 0.25) is 0 Å². The molecule has 1 atom stereocenters. The van der Waals surface area contributed by atoms with Crippen LogP contribution in [-0.2, 0) is 0 Å². The standard InChI is InChI=1S/C10H20N2S/c1-12(10-4-7-13-8-10)6-5-11-9-2-3-9/h9-11H,2-8H2,1H3. The van der Waals surface area contributed by atoms with Gasteiger partial charge in [0.25, 0.3) is 0 Å². The van der Waals surface area contributed by atoms with E-state index >= 15 is 0 Å². The fourth-order valence-corrected chi connectivity index (χ4v) is 3.08. The molecule has 0 aromatic rings. The van der Waals surface area contributed by atoms with Crippen molar-refractivity contribution in [3.05, 3.63) is 0 Å². The molecule has 0 aromatic carbocycles. The van der Waals surface area contributed by atoms with E-state index in [1.165, 1.54) is 43.9 Å². The lowest BCUT2D eigenvalue weighted by Gasteiger charge is -2.23. The molecular weight excluding hydrogens is 180 g/mol. The topological polar surface area (TPSA) is 15.3 Å². The predicted molar refractivity (Wildman–Crippen MR) is 59.4 cm³/mol. The minimum absolute atomic E-state index is 0.853. The third-order valence-corrected chi connectivity index (χ3v) is 4.15. The van der Waals surface area contributed by atoms with Gasteiger partial charge < -0.3 is 10.2 Å². The molecule has 76 valence electrons.